The molecule has 0 saturated heterocycles. The summed E-state index contributed by atoms with van der Waals surface area (Å²) in [4.78, 5) is 63.0. The second-order valence-corrected chi connectivity index (χ2v) is 10.3. The summed E-state index contributed by atoms with van der Waals surface area (Å²) in [6.45, 7) is 0. The van der Waals surface area contributed by atoms with Crippen LogP contribution in [0.15, 0.2) is 84.9 Å². The van der Waals surface area contributed by atoms with Gasteiger partial charge in [0.2, 0.25) is 17.7 Å². The van der Waals surface area contributed by atoms with Crippen molar-refractivity contribution in [3.05, 3.63) is 102 Å². The zero-order chi connectivity index (χ0) is 32.1. The van der Waals surface area contributed by atoms with Crippen molar-refractivity contribution in [2.75, 3.05) is 0 Å². The number of hydrogen-bond donors (Lipinski definition) is 7. The van der Waals surface area contributed by atoms with Gasteiger partial charge in [-0.05, 0) is 35.2 Å². The quantitative estimate of drug-likeness (QED) is 0.125. The molecule has 0 radical (unpaired) electrons. The predicted octanol–water partition coefficient (Wildman–Crippen LogP) is 1.15. The van der Waals surface area contributed by atoms with Gasteiger partial charge in [0.15, 0.2) is 0 Å². The summed E-state index contributed by atoms with van der Waals surface area (Å²) in [6, 6.07) is 18.6. The summed E-state index contributed by atoms with van der Waals surface area (Å²) in [7, 11) is 0. The molecule has 4 unspecified atom stereocenters. The monoisotopic (exact) mass is 604 g/mol. The molecule has 3 amide bonds. The van der Waals surface area contributed by atoms with Crippen LogP contribution in [0.2, 0.25) is 0 Å². The van der Waals surface area contributed by atoms with Crippen LogP contribution in [0, 0.1) is 0 Å². The molecule has 0 bridgehead atoms. The Kier molecular flexibility index (Phi) is 12.4. The van der Waals surface area contributed by atoms with Gasteiger partial charge in [0.05, 0.1) is 6.04 Å². The van der Waals surface area contributed by atoms with E-state index in [0.29, 0.717) is 16.7 Å². The van der Waals surface area contributed by atoms with Gasteiger partial charge in [-0.15, -0.1) is 0 Å². The summed E-state index contributed by atoms with van der Waals surface area (Å²) in [5.74, 6) is -4.63. The molecule has 44 heavy (non-hydrogen) atoms. The van der Waals surface area contributed by atoms with Crippen molar-refractivity contribution >= 4 is 29.7 Å². The summed E-state index contributed by atoms with van der Waals surface area (Å²) in [6.07, 6.45) is -0.521. The van der Waals surface area contributed by atoms with Gasteiger partial charge in [-0.3, -0.25) is 19.2 Å². The lowest BCUT2D eigenvalue weighted by Gasteiger charge is -2.25. The van der Waals surface area contributed by atoms with E-state index in [1.165, 1.54) is 12.1 Å². The second kappa shape index (κ2) is 16.4. The Hall–Kier alpha value is -5.23. The van der Waals surface area contributed by atoms with E-state index in [1.54, 1.807) is 72.8 Å². The Labute approximate surface area is 254 Å². The smallest absolute Gasteiger partial charge is 0.326 e. The first-order valence-corrected chi connectivity index (χ1v) is 14.0. The van der Waals surface area contributed by atoms with E-state index >= 15 is 0 Å². The largest absolute Gasteiger partial charge is 0.508 e. The maximum absolute atomic E-state index is 13.6. The van der Waals surface area contributed by atoms with Gasteiger partial charge in [0.25, 0.3) is 0 Å². The van der Waals surface area contributed by atoms with Crippen molar-refractivity contribution < 1.29 is 39.3 Å². The molecule has 0 aliphatic heterocycles. The number of nitrogens with one attached hydrogen (secondary N) is 3. The Bertz CT molecular complexity index is 1420. The fourth-order valence-corrected chi connectivity index (χ4v) is 4.42. The number of amides is 3. The minimum atomic E-state index is -1.28. The van der Waals surface area contributed by atoms with E-state index in [9.17, 15) is 34.2 Å². The van der Waals surface area contributed by atoms with E-state index in [0.717, 1.165) is 0 Å². The van der Waals surface area contributed by atoms with Gasteiger partial charge >= 0.3 is 11.9 Å². The van der Waals surface area contributed by atoms with E-state index < -0.39 is 53.8 Å². The van der Waals surface area contributed by atoms with Crippen LogP contribution in [-0.2, 0) is 43.2 Å². The van der Waals surface area contributed by atoms with Crippen LogP contribution in [0.25, 0.3) is 0 Å². The van der Waals surface area contributed by atoms with Crippen LogP contribution < -0.4 is 21.7 Å². The van der Waals surface area contributed by atoms with Crippen LogP contribution in [0.5, 0.6) is 5.75 Å². The van der Waals surface area contributed by atoms with Gasteiger partial charge in [-0.1, -0.05) is 72.8 Å². The van der Waals surface area contributed by atoms with Gasteiger partial charge < -0.3 is 37.0 Å². The van der Waals surface area contributed by atoms with Crippen molar-refractivity contribution in [2.24, 2.45) is 5.73 Å². The van der Waals surface area contributed by atoms with Gasteiger partial charge in [-0.2, -0.15) is 0 Å². The first kappa shape index (κ1) is 33.3. The highest BCUT2D eigenvalue weighted by molar-refractivity contribution is 5.94. The molecular formula is C32H36N4O8. The third kappa shape index (κ3) is 10.9. The molecule has 0 fully saturated rings. The predicted molar refractivity (Wildman–Crippen MR) is 160 cm³/mol. The number of nitrogens with two attached hydrogens (primary N) is 1. The average Bonchev–Trinajstić information content (AvgIpc) is 3.00. The maximum atomic E-state index is 13.6. The van der Waals surface area contributed by atoms with Crippen LogP contribution in [0.3, 0.4) is 0 Å². The highest BCUT2D eigenvalue weighted by atomic mass is 16.4. The lowest BCUT2D eigenvalue weighted by atomic mass is 10.0. The van der Waals surface area contributed by atoms with E-state index in [2.05, 4.69) is 16.0 Å². The molecule has 3 aromatic carbocycles. The summed E-state index contributed by atoms with van der Waals surface area (Å²) < 4.78 is 0. The number of aromatic hydroxyl groups is 1. The molecule has 0 aliphatic carbocycles. The molecule has 12 heteroatoms. The van der Waals surface area contributed by atoms with Crippen LogP contribution in [-0.4, -0.2) is 69.1 Å². The molecule has 0 aliphatic rings. The minimum absolute atomic E-state index is 0.00226. The van der Waals surface area contributed by atoms with Gasteiger partial charge in [0, 0.05) is 25.7 Å². The lowest BCUT2D eigenvalue weighted by molar-refractivity contribution is -0.142. The highest BCUT2D eigenvalue weighted by Crippen LogP contribution is 2.13. The Morgan fingerprint density at radius 2 is 1.00 bits per heavy atom. The lowest BCUT2D eigenvalue weighted by Crippen LogP contribution is -2.58. The fraction of sp³-hybridized carbons (Fsp3) is 0.281. The molecule has 0 heterocycles. The van der Waals surface area contributed by atoms with Crippen molar-refractivity contribution in [2.45, 2.75) is 56.3 Å². The summed E-state index contributed by atoms with van der Waals surface area (Å²) >= 11 is 0. The topological polar surface area (TPSA) is 208 Å². The third-order valence-corrected chi connectivity index (χ3v) is 6.83. The normalized spacial score (nSPS) is 13.5. The Balaban J connectivity index is 1.84. The van der Waals surface area contributed by atoms with Crippen molar-refractivity contribution in [1.82, 2.24) is 16.0 Å². The Morgan fingerprint density at radius 1 is 0.591 bits per heavy atom. The first-order valence-electron chi connectivity index (χ1n) is 14.0. The number of phenolic OH excluding ortho intramolecular Hbond substituents is 1. The molecule has 0 aromatic heterocycles. The van der Waals surface area contributed by atoms with Crippen molar-refractivity contribution in [3.8, 4) is 5.75 Å². The first-order chi connectivity index (χ1) is 21.0. The molecule has 0 saturated carbocycles. The van der Waals surface area contributed by atoms with Gasteiger partial charge in [0.1, 0.15) is 23.9 Å². The standard InChI is InChI=1S/C32H36N4O8/c33-24(15-16-28(38)39)29(40)34-25(18-22-11-13-23(37)14-12-22)30(41)35-26(17-20-7-3-1-4-8-20)31(42)36-27(32(43)44)19-21-9-5-2-6-10-21/h1-14,24-27,37H,15-19,33H2,(H,34,40)(H,35,41)(H,36,42)(H,38,39)(H,43,44). The zero-order valence-corrected chi connectivity index (χ0v) is 23.9. The van der Waals surface area contributed by atoms with Crippen molar-refractivity contribution in [3.63, 3.8) is 0 Å². The maximum Gasteiger partial charge on any atom is 0.326 e. The molecule has 8 N–H and O–H groups in total. The number of carboxylic acid groups (broad SMARTS) is 2. The van der Waals surface area contributed by atoms with Crippen LogP contribution in [0.4, 0.5) is 0 Å². The number of aliphatic carboxylic acids is 2. The molecule has 0 spiro atoms. The number of carbonyl (C=O) groups is 5. The molecule has 3 aromatic rings. The van der Waals surface area contributed by atoms with Gasteiger partial charge in [-0.25, -0.2) is 4.79 Å². The third-order valence-electron chi connectivity index (χ3n) is 6.83. The molecule has 12 nitrogen and oxygen atoms in total. The molecule has 4 atom stereocenters. The van der Waals surface area contributed by atoms with Crippen LogP contribution >= 0.6 is 0 Å². The number of benzene rings is 3. The average molecular weight is 605 g/mol. The number of phenols is 1. The Morgan fingerprint density at radius 3 is 1.45 bits per heavy atom. The SMILES string of the molecule is NC(CCC(=O)O)C(=O)NC(Cc1ccc(O)cc1)C(=O)NC(Cc1ccccc1)C(=O)NC(Cc1ccccc1)C(=O)O. The second-order valence-electron chi connectivity index (χ2n) is 10.3. The number of carbonyl (C=O) groups excluding carboxylic acids is 3. The zero-order valence-electron chi connectivity index (χ0n) is 23.9. The summed E-state index contributed by atoms with van der Waals surface area (Å²) in [5, 5.41) is 36.1. The molecular weight excluding hydrogens is 568 g/mol. The van der Waals surface area contributed by atoms with E-state index in [4.69, 9.17) is 10.8 Å². The van der Waals surface area contributed by atoms with E-state index in [1.807, 2.05) is 0 Å². The van der Waals surface area contributed by atoms with Crippen molar-refractivity contribution in [1.29, 1.82) is 0 Å². The molecule has 3 rings (SSSR count). The highest BCUT2D eigenvalue weighted by Gasteiger charge is 2.31. The number of hydrogen-bond acceptors (Lipinski definition) is 7. The minimum Gasteiger partial charge on any atom is -0.508 e. The van der Waals surface area contributed by atoms with E-state index in [-0.39, 0.29) is 37.9 Å². The number of carboxylic acids is 2. The fourth-order valence-electron chi connectivity index (χ4n) is 4.42. The van der Waals surface area contributed by atoms with Crippen LogP contribution in [0.1, 0.15) is 29.5 Å². The number of rotatable bonds is 16. The summed E-state index contributed by atoms with van der Waals surface area (Å²) in [5.41, 5.74) is 7.82. The molecule has 232 valence electrons.